The molecule has 0 aliphatic carbocycles. The van der Waals surface area contributed by atoms with Crippen LogP contribution in [0.1, 0.15) is 11.3 Å². The highest BCUT2D eigenvalue weighted by molar-refractivity contribution is 9.10. The first kappa shape index (κ1) is 14.5. The van der Waals surface area contributed by atoms with Gasteiger partial charge in [0, 0.05) is 15.1 Å². The standard InChI is InChI=1S/C14H14Br2N2O/c15-11-2-4-14(10(7-11)5-6-17)19-9-13-3-1-12(16)8-18-13/h1-4,7-8H,5-6,9,17H2. The summed E-state index contributed by atoms with van der Waals surface area (Å²) in [5.74, 6) is 0.860. The molecule has 1 aromatic carbocycles. The lowest BCUT2D eigenvalue weighted by molar-refractivity contribution is 0.298. The van der Waals surface area contributed by atoms with E-state index in [0.29, 0.717) is 13.2 Å². The fourth-order valence-electron chi connectivity index (χ4n) is 1.68. The molecule has 2 aromatic rings. The SMILES string of the molecule is NCCc1cc(Br)ccc1OCc1ccc(Br)cn1. The molecule has 1 aromatic heterocycles. The Balaban J connectivity index is 2.08. The Kier molecular flexibility index (Phi) is 5.36. The number of benzene rings is 1. The molecule has 19 heavy (non-hydrogen) atoms. The molecule has 0 fully saturated rings. The number of hydrogen-bond acceptors (Lipinski definition) is 3. The zero-order valence-corrected chi connectivity index (χ0v) is 13.4. The summed E-state index contributed by atoms with van der Waals surface area (Å²) in [6.07, 6.45) is 2.56. The number of pyridine rings is 1. The number of rotatable bonds is 5. The van der Waals surface area contributed by atoms with Crippen molar-refractivity contribution in [3.05, 3.63) is 56.7 Å². The Bertz CT molecular complexity index is 544. The Morgan fingerprint density at radius 3 is 2.58 bits per heavy atom. The van der Waals surface area contributed by atoms with Crippen LogP contribution in [0.4, 0.5) is 0 Å². The zero-order chi connectivity index (χ0) is 13.7. The fraction of sp³-hybridized carbons (Fsp3) is 0.214. The normalized spacial score (nSPS) is 10.5. The summed E-state index contributed by atoms with van der Waals surface area (Å²) in [7, 11) is 0. The quantitative estimate of drug-likeness (QED) is 0.853. The summed E-state index contributed by atoms with van der Waals surface area (Å²) in [4.78, 5) is 4.28. The van der Waals surface area contributed by atoms with Crippen LogP contribution in [0.5, 0.6) is 5.75 Å². The van der Waals surface area contributed by atoms with E-state index in [2.05, 4.69) is 36.8 Å². The minimum atomic E-state index is 0.451. The van der Waals surface area contributed by atoms with Gasteiger partial charge in [-0.05, 0) is 64.8 Å². The van der Waals surface area contributed by atoms with Crippen LogP contribution in [0, 0.1) is 0 Å². The van der Waals surface area contributed by atoms with Crippen molar-refractivity contribution >= 4 is 31.9 Å². The van der Waals surface area contributed by atoms with E-state index in [4.69, 9.17) is 10.5 Å². The molecule has 0 aliphatic heterocycles. The number of halogens is 2. The number of ether oxygens (including phenoxy) is 1. The molecule has 0 unspecified atom stereocenters. The molecule has 3 nitrogen and oxygen atoms in total. The van der Waals surface area contributed by atoms with Crippen LogP contribution in [0.2, 0.25) is 0 Å². The van der Waals surface area contributed by atoms with Gasteiger partial charge < -0.3 is 10.5 Å². The number of hydrogen-bond donors (Lipinski definition) is 1. The molecule has 0 atom stereocenters. The van der Waals surface area contributed by atoms with Crippen molar-refractivity contribution < 1.29 is 4.74 Å². The molecule has 0 saturated carbocycles. The molecule has 2 rings (SSSR count). The number of aromatic nitrogens is 1. The van der Waals surface area contributed by atoms with Crippen molar-refractivity contribution in [1.29, 1.82) is 0 Å². The summed E-state index contributed by atoms with van der Waals surface area (Å²) in [5, 5.41) is 0. The van der Waals surface area contributed by atoms with Crippen molar-refractivity contribution in [2.75, 3.05) is 6.54 Å². The molecule has 0 radical (unpaired) electrons. The van der Waals surface area contributed by atoms with E-state index in [1.54, 1.807) is 6.20 Å². The lowest BCUT2D eigenvalue weighted by Gasteiger charge is -2.11. The molecule has 0 spiro atoms. The van der Waals surface area contributed by atoms with Gasteiger partial charge in [-0.25, -0.2) is 0 Å². The Morgan fingerprint density at radius 1 is 1.11 bits per heavy atom. The van der Waals surface area contributed by atoms with Crippen LogP contribution in [0.25, 0.3) is 0 Å². The van der Waals surface area contributed by atoms with Crippen LogP contribution in [0.3, 0.4) is 0 Å². The van der Waals surface area contributed by atoms with E-state index in [1.165, 1.54) is 0 Å². The van der Waals surface area contributed by atoms with Gasteiger partial charge in [0.05, 0.1) is 5.69 Å². The van der Waals surface area contributed by atoms with Crippen LogP contribution in [0.15, 0.2) is 45.5 Å². The molecule has 0 bridgehead atoms. The van der Waals surface area contributed by atoms with E-state index in [1.807, 2.05) is 30.3 Å². The van der Waals surface area contributed by atoms with Crippen LogP contribution < -0.4 is 10.5 Å². The second kappa shape index (κ2) is 7.03. The number of nitrogens with zero attached hydrogens (tertiary/aromatic N) is 1. The van der Waals surface area contributed by atoms with Gasteiger partial charge in [0.15, 0.2) is 0 Å². The second-order valence-electron chi connectivity index (χ2n) is 4.05. The van der Waals surface area contributed by atoms with E-state index in [-0.39, 0.29) is 0 Å². The monoisotopic (exact) mass is 384 g/mol. The topological polar surface area (TPSA) is 48.1 Å². The predicted molar refractivity (Wildman–Crippen MR) is 83.2 cm³/mol. The largest absolute Gasteiger partial charge is 0.487 e. The van der Waals surface area contributed by atoms with Gasteiger partial charge >= 0.3 is 0 Å². The van der Waals surface area contributed by atoms with Crippen LogP contribution in [-0.2, 0) is 13.0 Å². The lowest BCUT2D eigenvalue weighted by atomic mass is 10.1. The molecule has 1 heterocycles. The maximum Gasteiger partial charge on any atom is 0.130 e. The van der Waals surface area contributed by atoms with Crippen molar-refractivity contribution in [2.24, 2.45) is 5.73 Å². The van der Waals surface area contributed by atoms with Gasteiger partial charge in [-0.3, -0.25) is 4.98 Å². The summed E-state index contributed by atoms with van der Waals surface area (Å²) in [6, 6.07) is 9.84. The first-order valence-corrected chi connectivity index (χ1v) is 7.49. The van der Waals surface area contributed by atoms with Gasteiger partial charge in [0.25, 0.3) is 0 Å². The average Bonchev–Trinajstić information content (AvgIpc) is 2.40. The van der Waals surface area contributed by atoms with Gasteiger partial charge in [-0.1, -0.05) is 15.9 Å². The van der Waals surface area contributed by atoms with E-state index in [9.17, 15) is 0 Å². The lowest BCUT2D eigenvalue weighted by Crippen LogP contribution is -2.06. The minimum absolute atomic E-state index is 0.451. The van der Waals surface area contributed by atoms with Crippen LogP contribution >= 0.6 is 31.9 Å². The minimum Gasteiger partial charge on any atom is -0.487 e. The maximum atomic E-state index is 5.82. The smallest absolute Gasteiger partial charge is 0.130 e. The molecule has 100 valence electrons. The third-order valence-electron chi connectivity index (χ3n) is 2.60. The number of nitrogens with two attached hydrogens (primary N) is 1. The Morgan fingerprint density at radius 2 is 1.89 bits per heavy atom. The molecule has 0 saturated heterocycles. The van der Waals surface area contributed by atoms with Crippen molar-refractivity contribution in [2.45, 2.75) is 13.0 Å². The van der Waals surface area contributed by atoms with Crippen molar-refractivity contribution in [3.8, 4) is 5.75 Å². The molecular weight excluding hydrogens is 372 g/mol. The third kappa shape index (κ3) is 4.30. The van der Waals surface area contributed by atoms with Crippen molar-refractivity contribution in [1.82, 2.24) is 4.98 Å². The highest BCUT2D eigenvalue weighted by Crippen LogP contribution is 2.24. The zero-order valence-electron chi connectivity index (χ0n) is 10.3. The van der Waals surface area contributed by atoms with Gasteiger partial charge in [0.2, 0.25) is 0 Å². The first-order valence-electron chi connectivity index (χ1n) is 5.91. The van der Waals surface area contributed by atoms with Gasteiger partial charge in [0.1, 0.15) is 12.4 Å². The van der Waals surface area contributed by atoms with E-state index in [0.717, 1.165) is 32.4 Å². The van der Waals surface area contributed by atoms with Gasteiger partial charge in [-0.15, -0.1) is 0 Å². The predicted octanol–water partition coefficient (Wildman–Crippen LogP) is 3.69. The highest BCUT2D eigenvalue weighted by Gasteiger charge is 2.05. The average molecular weight is 386 g/mol. The summed E-state index contributed by atoms with van der Waals surface area (Å²) in [6.45, 7) is 1.05. The van der Waals surface area contributed by atoms with E-state index < -0.39 is 0 Å². The Hall–Kier alpha value is -0.910. The molecule has 0 amide bonds. The Labute approximate surface area is 129 Å². The summed E-state index contributed by atoms with van der Waals surface area (Å²) in [5.41, 5.74) is 7.61. The molecule has 5 heteroatoms. The first-order chi connectivity index (χ1) is 9.19. The third-order valence-corrected chi connectivity index (χ3v) is 3.56. The maximum absolute atomic E-state index is 5.82. The fourth-order valence-corrected chi connectivity index (χ4v) is 2.33. The summed E-state index contributed by atoms with van der Waals surface area (Å²) < 4.78 is 7.81. The molecule has 2 N–H and O–H groups in total. The second-order valence-corrected chi connectivity index (χ2v) is 5.88. The van der Waals surface area contributed by atoms with Crippen molar-refractivity contribution in [3.63, 3.8) is 0 Å². The molecular formula is C14H14Br2N2O. The summed E-state index contributed by atoms with van der Waals surface area (Å²) >= 11 is 6.82. The highest BCUT2D eigenvalue weighted by atomic mass is 79.9. The van der Waals surface area contributed by atoms with E-state index >= 15 is 0 Å². The van der Waals surface area contributed by atoms with Gasteiger partial charge in [-0.2, -0.15) is 0 Å². The molecule has 0 aliphatic rings. The van der Waals surface area contributed by atoms with Crippen LogP contribution in [-0.4, -0.2) is 11.5 Å².